The van der Waals surface area contributed by atoms with Gasteiger partial charge in [0.2, 0.25) is 0 Å². The quantitative estimate of drug-likeness (QED) is 0.833. The van der Waals surface area contributed by atoms with E-state index in [0.717, 1.165) is 44.1 Å². The molecule has 0 aromatic carbocycles. The van der Waals surface area contributed by atoms with Crippen LogP contribution in [0.25, 0.3) is 0 Å². The molecule has 1 aromatic rings. The fourth-order valence-electron chi connectivity index (χ4n) is 2.09. The van der Waals surface area contributed by atoms with E-state index in [9.17, 15) is 0 Å². The summed E-state index contributed by atoms with van der Waals surface area (Å²) in [7, 11) is 0. The number of hydrogen-bond donors (Lipinski definition) is 1. The molecule has 2 aliphatic rings. The summed E-state index contributed by atoms with van der Waals surface area (Å²) >= 11 is 0. The monoisotopic (exact) mass is 252 g/mol. The van der Waals surface area contributed by atoms with Gasteiger partial charge >= 0.3 is 0 Å². The van der Waals surface area contributed by atoms with Gasteiger partial charge in [0.05, 0.1) is 11.8 Å². The highest BCUT2D eigenvalue weighted by atomic mass is 16.5. The molecule has 1 saturated heterocycles. The van der Waals surface area contributed by atoms with Crippen molar-refractivity contribution in [1.29, 1.82) is 0 Å². The lowest BCUT2D eigenvalue weighted by Crippen LogP contribution is -2.23. The second-order valence-corrected chi connectivity index (χ2v) is 5.06. The van der Waals surface area contributed by atoms with Crippen molar-refractivity contribution >= 4 is 0 Å². The van der Waals surface area contributed by atoms with Gasteiger partial charge in [0, 0.05) is 31.9 Å². The fourth-order valence-corrected chi connectivity index (χ4v) is 2.09. The normalized spacial score (nSPS) is 21.3. The molecule has 1 saturated carbocycles. The Morgan fingerprint density at radius 2 is 2.11 bits per heavy atom. The number of rotatable bonds is 6. The molecule has 2 fully saturated rings. The lowest BCUT2D eigenvalue weighted by molar-refractivity contribution is -0.0443. The summed E-state index contributed by atoms with van der Waals surface area (Å²) in [5, 5.41) is 7.45. The molecule has 0 bridgehead atoms. The Bertz CT molecular complexity index is 370. The smallest absolute Gasteiger partial charge is 0.162 e. The van der Waals surface area contributed by atoms with Crippen LogP contribution in [0, 0.1) is 0 Å². The molecule has 100 valence electrons. The van der Waals surface area contributed by atoms with Crippen molar-refractivity contribution in [2.45, 2.75) is 51.0 Å². The topological polar surface area (TPSA) is 56.5 Å². The predicted molar refractivity (Wildman–Crippen MR) is 65.0 cm³/mol. The molecule has 0 atom stereocenters. The van der Waals surface area contributed by atoms with Crippen LogP contribution in [0.4, 0.5) is 0 Å². The van der Waals surface area contributed by atoms with E-state index in [2.05, 4.69) is 10.5 Å². The Hall–Kier alpha value is -0.910. The van der Waals surface area contributed by atoms with Gasteiger partial charge in [-0.05, 0) is 25.7 Å². The third-order valence-electron chi connectivity index (χ3n) is 3.39. The third-order valence-corrected chi connectivity index (χ3v) is 3.39. The zero-order valence-corrected chi connectivity index (χ0v) is 10.6. The van der Waals surface area contributed by atoms with Crippen molar-refractivity contribution in [3.8, 4) is 0 Å². The summed E-state index contributed by atoms with van der Waals surface area (Å²) in [4.78, 5) is 0. The van der Waals surface area contributed by atoms with E-state index in [0.29, 0.717) is 18.8 Å². The highest BCUT2D eigenvalue weighted by molar-refractivity contribution is 5.05. The summed E-state index contributed by atoms with van der Waals surface area (Å²) in [6, 6.07) is 2.68. The number of aromatic nitrogens is 1. The van der Waals surface area contributed by atoms with Gasteiger partial charge in [-0.15, -0.1) is 0 Å². The van der Waals surface area contributed by atoms with Crippen molar-refractivity contribution < 1.29 is 14.0 Å². The lowest BCUT2D eigenvalue weighted by atomic mass is 10.1. The largest absolute Gasteiger partial charge is 0.381 e. The SMILES string of the molecule is c1c(CNC2CC2)noc1COC1CCOCC1. The molecule has 1 aromatic heterocycles. The molecule has 5 heteroatoms. The Kier molecular flexibility index (Phi) is 3.93. The van der Waals surface area contributed by atoms with E-state index in [1.165, 1.54) is 12.8 Å². The third kappa shape index (κ3) is 3.54. The van der Waals surface area contributed by atoms with Crippen LogP contribution in [0.5, 0.6) is 0 Å². The van der Waals surface area contributed by atoms with E-state index in [1.54, 1.807) is 0 Å². The van der Waals surface area contributed by atoms with Crippen LogP contribution >= 0.6 is 0 Å². The van der Waals surface area contributed by atoms with Gasteiger partial charge in [-0.2, -0.15) is 0 Å². The van der Waals surface area contributed by atoms with Crippen LogP contribution < -0.4 is 5.32 Å². The Balaban J connectivity index is 1.41. The molecule has 2 heterocycles. The lowest BCUT2D eigenvalue weighted by Gasteiger charge is -2.21. The van der Waals surface area contributed by atoms with Gasteiger partial charge in [-0.3, -0.25) is 0 Å². The Morgan fingerprint density at radius 1 is 1.28 bits per heavy atom. The minimum Gasteiger partial charge on any atom is -0.381 e. The van der Waals surface area contributed by atoms with Gasteiger partial charge in [0.1, 0.15) is 6.61 Å². The van der Waals surface area contributed by atoms with E-state index in [4.69, 9.17) is 14.0 Å². The van der Waals surface area contributed by atoms with Crippen LogP contribution in [0.15, 0.2) is 10.6 Å². The first-order valence-electron chi connectivity index (χ1n) is 6.77. The second-order valence-electron chi connectivity index (χ2n) is 5.06. The molecule has 0 radical (unpaired) electrons. The standard InChI is InChI=1S/C13H20N2O3/c1-2-10(1)14-8-11-7-13(18-15-11)9-17-12-3-5-16-6-4-12/h7,10,12,14H,1-6,8-9H2. The van der Waals surface area contributed by atoms with E-state index in [1.807, 2.05) is 6.07 Å². The zero-order chi connectivity index (χ0) is 12.2. The molecule has 5 nitrogen and oxygen atoms in total. The molecule has 1 N–H and O–H groups in total. The van der Waals surface area contributed by atoms with Gasteiger partial charge in [-0.1, -0.05) is 5.16 Å². The molecular weight excluding hydrogens is 232 g/mol. The van der Waals surface area contributed by atoms with Crippen molar-refractivity contribution in [2.24, 2.45) is 0 Å². The maximum atomic E-state index is 5.79. The first-order chi connectivity index (χ1) is 8.90. The molecule has 1 aliphatic heterocycles. The summed E-state index contributed by atoms with van der Waals surface area (Å²) in [5.41, 5.74) is 0.965. The summed E-state index contributed by atoms with van der Waals surface area (Å²) in [5.74, 6) is 0.814. The van der Waals surface area contributed by atoms with Gasteiger partial charge in [0.25, 0.3) is 0 Å². The maximum Gasteiger partial charge on any atom is 0.162 e. The van der Waals surface area contributed by atoms with Gasteiger partial charge in [-0.25, -0.2) is 0 Å². The highest BCUT2D eigenvalue weighted by Crippen LogP contribution is 2.19. The van der Waals surface area contributed by atoms with Crippen molar-refractivity contribution in [2.75, 3.05) is 13.2 Å². The zero-order valence-electron chi connectivity index (χ0n) is 10.6. The summed E-state index contributed by atoms with van der Waals surface area (Å²) in [6.45, 7) is 2.92. The summed E-state index contributed by atoms with van der Waals surface area (Å²) < 4.78 is 16.3. The van der Waals surface area contributed by atoms with E-state index in [-0.39, 0.29) is 0 Å². The molecule has 0 amide bonds. The van der Waals surface area contributed by atoms with Crippen LogP contribution in [-0.2, 0) is 22.6 Å². The van der Waals surface area contributed by atoms with Crippen LogP contribution in [0.2, 0.25) is 0 Å². The Morgan fingerprint density at radius 3 is 2.89 bits per heavy atom. The minimum atomic E-state index is 0.303. The van der Waals surface area contributed by atoms with Crippen molar-refractivity contribution in [1.82, 2.24) is 10.5 Å². The predicted octanol–water partition coefficient (Wildman–Crippen LogP) is 1.62. The molecule has 18 heavy (non-hydrogen) atoms. The number of ether oxygens (including phenoxy) is 2. The first kappa shape index (κ1) is 12.1. The minimum absolute atomic E-state index is 0.303. The molecule has 0 unspecified atom stereocenters. The maximum absolute atomic E-state index is 5.79. The van der Waals surface area contributed by atoms with Crippen LogP contribution in [0.3, 0.4) is 0 Å². The van der Waals surface area contributed by atoms with Gasteiger partial charge < -0.3 is 19.3 Å². The number of nitrogens with one attached hydrogen (secondary N) is 1. The van der Waals surface area contributed by atoms with E-state index < -0.39 is 0 Å². The molecular formula is C13H20N2O3. The highest BCUT2D eigenvalue weighted by Gasteiger charge is 2.21. The number of hydrogen-bond acceptors (Lipinski definition) is 5. The second kappa shape index (κ2) is 5.82. The Labute approximate surface area is 107 Å². The first-order valence-corrected chi connectivity index (χ1v) is 6.77. The van der Waals surface area contributed by atoms with E-state index >= 15 is 0 Å². The average molecular weight is 252 g/mol. The molecule has 1 aliphatic carbocycles. The summed E-state index contributed by atoms with van der Waals surface area (Å²) in [6.07, 6.45) is 4.83. The average Bonchev–Trinajstić information content (AvgIpc) is 3.14. The molecule has 3 rings (SSSR count). The van der Waals surface area contributed by atoms with Gasteiger partial charge in [0.15, 0.2) is 5.76 Å². The van der Waals surface area contributed by atoms with Crippen LogP contribution in [0.1, 0.15) is 37.1 Å². The fraction of sp³-hybridized carbons (Fsp3) is 0.769. The van der Waals surface area contributed by atoms with Crippen molar-refractivity contribution in [3.05, 3.63) is 17.5 Å². The van der Waals surface area contributed by atoms with Crippen LogP contribution in [-0.4, -0.2) is 30.5 Å². The number of nitrogens with zero attached hydrogens (tertiary/aromatic N) is 1. The van der Waals surface area contributed by atoms with Crippen molar-refractivity contribution in [3.63, 3.8) is 0 Å². The molecule has 0 spiro atoms.